The molecule has 0 bridgehead atoms. The number of methoxy groups -OCH3 is 1. The molecule has 0 aromatic heterocycles. The molecule has 0 radical (unpaired) electrons. The third-order valence-corrected chi connectivity index (χ3v) is 2.35. The van der Waals surface area contributed by atoms with E-state index in [9.17, 15) is 9.59 Å². The number of hydrogen-bond acceptors (Lipinski definition) is 6. The largest absolute Gasteiger partial charge is 0.482 e. The number of amides is 1. The predicted octanol–water partition coefficient (Wildman–Crippen LogP) is 0.464. The van der Waals surface area contributed by atoms with Gasteiger partial charge in [-0.1, -0.05) is 0 Å². The van der Waals surface area contributed by atoms with E-state index in [0.717, 1.165) is 0 Å². The van der Waals surface area contributed by atoms with Crippen molar-refractivity contribution < 1.29 is 19.1 Å². The Bertz CT molecular complexity index is 537. The van der Waals surface area contributed by atoms with Crippen molar-refractivity contribution in [3.05, 3.63) is 23.8 Å². The Hall–Kier alpha value is -2.75. The number of nitrogens with two attached hydrogens (primary N) is 1. The Kier molecular flexibility index (Phi) is 5.84. The number of carbonyl (C=O) groups is 2. The summed E-state index contributed by atoms with van der Waals surface area (Å²) in [5, 5.41) is 10.8. The van der Waals surface area contributed by atoms with Crippen molar-refractivity contribution in [2.75, 3.05) is 26.0 Å². The van der Waals surface area contributed by atoms with Gasteiger partial charge in [-0.2, -0.15) is 5.26 Å². The standard InChI is InChI=1S/C13H15N3O4/c1-19-13(18)9-3-4-10(15)11(7-9)20-8-12(17)16-6-2-5-14/h3-4,7H,2,6,8,15H2,1H3,(H,16,17). The van der Waals surface area contributed by atoms with Crippen LogP contribution >= 0.6 is 0 Å². The van der Waals surface area contributed by atoms with E-state index < -0.39 is 5.97 Å². The van der Waals surface area contributed by atoms with Gasteiger partial charge in [0.1, 0.15) is 5.75 Å². The van der Waals surface area contributed by atoms with Crippen molar-refractivity contribution in [2.45, 2.75) is 6.42 Å². The molecular formula is C13H15N3O4. The Morgan fingerprint density at radius 1 is 1.45 bits per heavy atom. The number of nitriles is 1. The number of benzene rings is 1. The van der Waals surface area contributed by atoms with Gasteiger partial charge in [0.15, 0.2) is 6.61 Å². The molecule has 106 valence electrons. The zero-order valence-electron chi connectivity index (χ0n) is 11.0. The molecule has 0 aliphatic heterocycles. The maximum Gasteiger partial charge on any atom is 0.337 e. The second-order valence-electron chi connectivity index (χ2n) is 3.79. The summed E-state index contributed by atoms with van der Waals surface area (Å²) in [7, 11) is 1.27. The van der Waals surface area contributed by atoms with Gasteiger partial charge in [-0.3, -0.25) is 4.79 Å². The number of carbonyl (C=O) groups excluding carboxylic acids is 2. The molecule has 0 saturated heterocycles. The first kappa shape index (κ1) is 15.3. The Balaban J connectivity index is 2.61. The van der Waals surface area contributed by atoms with Crippen LogP contribution in [0.1, 0.15) is 16.8 Å². The molecule has 0 spiro atoms. The van der Waals surface area contributed by atoms with Crippen LogP contribution in [0.3, 0.4) is 0 Å². The second kappa shape index (κ2) is 7.63. The third-order valence-electron chi connectivity index (χ3n) is 2.35. The minimum atomic E-state index is -0.520. The molecule has 0 heterocycles. The van der Waals surface area contributed by atoms with Crippen molar-refractivity contribution in [2.24, 2.45) is 0 Å². The van der Waals surface area contributed by atoms with Crippen LogP contribution in [0.4, 0.5) is 5.69 Å². The summed E-state index contributed by atoms with van der Waals surface area (Å²) >= 11 is 0. The summed E-state index contributed by atoms with van der Waals surface area (Å²) in [5.74, 6) is -0.667. The number of nitrogens with zero attached hydrogens (tertiary/aromatic N) is 1. The fourth-order valence-corrected chi connectivity index (χ4v) is 1.36. The number of rotatable bonds is 6. The van der Waals surface area contributed by atoms with Crippen molar-refractivity contribution in [3.8, 4) is 11.8 Å². The van der Waals surface area contributed by atoms with E-state index in [1.54, 1.807) is 0 Å². The molecule has 1 rings (SSSR count). The van der Waals surface area contributed by atoms with E-state index >= 15 is 0 Å². The molecule has 0 atom stereocenters. The number of nitrogens with one attached hydrogen (secondary N) is 1. The monoisotopic (exact) mass is 277 g/mol. The maximum atomic E-state index is 11.4. The molecule has 20 heavy (non-hydrogen) atoms. The first-order chi connectivity index (χ1) is 9.58. The van der Waals surface area contributed by atoms with E-state index in [1.807, 2.05) is 6.07 Å². The van der Waals surface area contributed by atoms with Crippen molar-refractivity contribution in [1.29, 1.82) is 5.26 Å². The van der Waals surface area contributed by atoms with E-state index in [4.69, 9.17) is 15.7 Å². The van der Waals surface area contributed by atoms with Gasteiger partial charge in [0.05, 0.1) is 30.9 Å². The summed E-state index contributed by atoms with van der Waals surface area (Å²) in [6, 6.07) is 6.31. The number of nitrogen functional groups attached to an aromatic ring is 1. The van der Waals surface area contributed by atoms with Gasteiger partial charge in [0, 0.05) is 6.54 Å². The SMILES string of the molecule is COC(=O)c1ccc(N)c(OCC(=O)NCCC#N)c1. The van der Waals surface area contributed by atoms with Crippen LogP contribution in [-0.2, 0) is 9.53 Å². The van der Waals surface area contributed by atoms with Gasteiger partial charge in [-0.05, 0) is 18.2 Å². The fourth-order valence-electron chi connectivity index (χ4n) is 1.36. The molecule has 0 unspecified atom stereocenters. The van der Waals surface area contributed by atoms with Crippen LogP contribution in [0.15, 0.2) is 18.2 Å². The highest BCUT2D eigenvalue weighted by Gasteiger charge is 2.10. The zero-order chi connectivity index (χ0) is 15.0. The highest BCUT2D eigenvalue weighted by Crippen LogP contribution is 2.23. The smallest absolute Gasteiger partial charge is 0.337 e. The molecule has 1 amide bonds. The topological polar surface area (TPSA) is 114 Å². The van der Waals surface area contributed by atoms with Crippen molar-refractivity contribution >= 4 is 17.6 Å². The van der Waals surface area contributed by atoms with Crippen molar-refractivity contribution in [3.63, 3.8) is 0 Å². The van der Waals surface area contributed by atoms with Crippen LogP contribution in [0.5, 0.6) is 5.75 Å². The summed E-state index contributed by atoms with van der Waals surface area (Å²) in [6.45, 7) is 0.0105. The normalized spacial score (nSPS) is 9.40. The van der Waals surface area contributed by atoms with Gasteiger partial charge in [-0.15, -0.1) is 0 Å². The molecule has 0 aliphatic carbocycles. The highest BCUT2D eigenvalue weighted by molar-refractivity contribution is 5.90. The van der Waals surface area contributed by atoms with Crippen LogP contribution < -0.4 is 15.8 Å². The second-order valence-corrected chi connectivity index (χ2v) is 3.79. The molecule has 1 aromatic rings. The van der Waals surface area contributed by atoms with Crippen molar-refractivity contribution in [1.82, 2.24) is 5.32 Å². The molecular weight excluding hydrogens is 262 g/mol. The van der Waals surface area contributed by atoms with Crippen LogP contribution in [0, 0.1) is 11.3 Å². The van der Waals surface area contributed by atoms with Gasteiger partial charge < -0.3 is 20.5 Å². The summed E-state index contributed by atoms with van der Waals surface area (Å²) < 4.78 is 9.81. The number of esters is 1. The molecule has 0 saturated carbocycles. The van der Waals surface area contributed by atoms with Gasteiger partial charge in [0.25, 0.3) is 5.91 Å². The maximum absolute atomic E-state index is 11.4. The fraction of sp³-hybridized carbons (Fsp3) is 0.308. The lowest BCUT2D eigenvalue weighted by Gasteiger charge is -2.10. The van der Waals surface area contributed by atoms with Gasteiger partial charge >= 0.3 is 5.97 Å². The highest BCUT2D eigenvalue weighted by atomic mass is 16.5. The van der Waals surface area contributed by atoms with E-state index in [1.165, 1.54) is 25.3 Å². The van der Waals surface area contributed by atoms with Crippen LogP contribution in [0.2, 0.25) is 0 Å². The van der Waals surface area contributed by atoms with E-state index in [0.29, 0.717) is 5.69 Å². The zero-order valence-corrected chi connectivity index (χ0v) is 11.0. The van der Waals surface area contributed by atoms with Gasteiger partial charge in [0.2, 0.25) is 0 Å². The number of ether oxygens (including phenoxy) is 2. The molecule has 0 fully saturated rings. The number of anilines is 1. The minimum Gasteiger partial charge on any atom is -0.482 e. The van der Waals surface area contributed by atoms with E-state index in [-0.39, 0.29) is 36.8 Å². The quantitative estimate of drug-likeness (QED) is 0.443. The lowest BCUT2D eigenvalue weighted by Crippen LogP contribution is -2.29. The average molecular weight is 277 g/mol. The lowest BCUT2D eigenvalue weighted by atomic mass is 10.2. The molecule has 0 aliphatic rings. The van der Waals surface area contributed by atoms with Crippen LogP contribution in [0.25, 0.3) is 0 Å². The Labute approximate surface area is 116 Å². The summed E-state index contributed by atoms with van der Waals surface area (Å²) in [6.07, 6.45) is 0.228. The average Bonchev–Trinajstić information content (AvgIpc) is 2.46. The molecule has 1 aromatic carbocycles. The predicted molar refractivity (Wildman–Crippen MR) is 70.9 cm³/mol. The van der Waals surface area contributed by atoms with Gasteiger partial charge in [-0.25, -0.2) is 4.79 Å². The Morgan fingerprint density at radius 2 is 2.20 bits per heavy atom. The minimum absolute atomic E-state index is 0.225. The molecule has 7 nitrogen and oxygen atoms in total. The molecule has 3 N–H and O–H groups in total. The first-order valence-corrected chi connectivity index (χ1v) is 5.82. The summed E-state index contributed by atoms with van der Waals surface area (Å²) in [5.41, 5.74) is 6.27. The third kappa shape index (κ3) is 4.49. The first-order valence-electron chi connectivity index (χ1n) is 5.82. The number of hydrogen-bond donors (Lipinski definition) is 2. The van der Waals surface area contributed by atoms with E-state index in [2.05, 4.69) is 10.1 Å². The Morgan fingerprint density at radius 3 is 2.85 bits per heavy atom. The summed E-state index contributed by atoms with van der Waals surface area (Å²) in [4.78, 5) is 22.8. The van der Waals surface area contributed by atoms with Crippen LogP contribution in [-0.4, -0.2) is 32.1 Å². The molecule has 7 heteroatoms. The lowest BCUT2D eigenvalue weighted by molar-refractivity contribution is -0.123.